The molecule has 2 aromatic rings. The number of thioether (sulfide) groups is 1. The molecule has 0 saturated carbocycles. The lowest BCUT2D eigenvalue weighted by atomic mass is 10.3. The maximum atomic E-state index is 12.2. The Labute approximate surface area is 130 Å². The quantitative estimate of drug-likeness (QED) is 0.852. The highest BCUT2D eigenvalue weighted by Crippen LogP contribution is 2.28. The van der Waals surface area contributed by atoms with Gasteiger partial charge in [0, 0.05) is 6.20 Å². The van der Waals surface area contributed by atoms with Crippen LogP contribution in [0.3, 0.4) is 0 Å². The molecule has 0 aliphatic heterocycles. The van der Waals surface area contributed by atoms with Crippen LogP contribution in [-0.2, 0) is 4.79 Å². The maximum Gasteiger partial charge on any atom is 0.239 e. The van der Waals surface area contributed by atoms with Gasteiger partial charge >= 0.3 is 0 Å². The number of pyridine rings is 1. The summed E-state index contributed by atoms with van der Waals surface area (Å²) in [5, 5.41) is 11.9. The predicted molar refractivity (Wildman–Crippen MR) is 82.5 cm³/mol. The van der Waals surface area contributed by atoms with Crippen LogP contribution in [-0.4, -0.2) is 26.3 Å². The molecule has 0 fully saturated rings. The zero-order chi connectivity index (χ0) is 14.5. The van der Waals surface area contributed by atoms with Gasteiger partial charge in [-0.1, -0.05) is 41.6 Å². The van der Waals surface area contributed by atoms with Crippen molar-refractivity contribution in [3.05, 3.63) is 28.4 Å². The second-order valence-corrected chi connectivity index (χ2v) is 7.02. The van der Waals surface area contributed by atoms with Crippen LogP contribution >= 0.6 is 34.7 Å². The number of anilines is 1. The fraction of sp³-hybridized carbons (Fsp3) is 0.333. The third kappa shape index (κ3) is 4.16. The Morgan fingerprint density at radius 2 is 2.30 bits per heavy atom. The minimum absolute atomic E-state index is 0.0971. The lowest BCUT2D eigenvalue weighted by Crippen LogP contribution is -2.24. The van der Waals surface area contributed by atoms with Crippen molar-refractivity contribution in [3.63, 3.8) is 0 Å². The van der Waals surface area contributed by atoms with Crippen LogP contribution < -0.4 is 5.32 Å². The summed E-state index contributed by atoms with van der Waals surface area (Å²) in [6, 6.07) is 3.36. The summed E-state index contributed by atoms with van der Waals surface area (Å²) in [5.74, 6) is 0.395. The summed E-state index contributed by atoms with van der Waals surface area (Å²) in [6.45, 7) is 3.85. The van der Waals surface area contributed by atoms with Crippen molar-refractivity contribution in [2.45, 2.75) is 29.9 Å². The van der Waals surface area contributed by atoms with Crippen LogP contribution in [0.1, 0.15) is 18.4 Å². The summed E-state index contributed by atoms with van der Waals surface area (Å²) in [5.41, 5.74) is 0. The zero-order valence-electron chi connectivity index (χ0n) is 11.0. The normalized spacial score (nSPS) is 12.2. The lowest BCUT2D eigenvalue weighted by molar-refractivity contribution is -0.115. The Bertz CT molecular complexity index is 587. The van der Waals surface area contributed by atoms with E-state index in [4.69, 9.17) is 11.6 Å². The van der Waals surface area contributed by atoms with E-state index in [0.29, 0.717) is 17.3 Å². The topological polar surface area (TPSA) is 67.8 Å². The molecule has 1 N–H and O–H groups in total. The van der Waals surface area contributed by atoms with E-state index in [1.54, 1.807) is 12.1 Å². The smallest absolute Gasteiger partial charge is 0.239 e. The zero-order valence-corrected chi connectivity index (χ0v) is 13.3. The monoisotopic (exact) mass is 328 g/mol. The van der Waals surface area contributed by atoms with Crippen molar-refractivity contribution in [2.75, 3.05) is 5.32 Å². The molecular formula is C12H13ClN4OS2. The molecule has 1 unspecified atom stereocenters. The molecule has 5 nitrogen and oxygen atoms in total. The molecule has 0 saturated heterocycles. The number of rotatable bonds is 5. The molecule has 8 heteroatoms. The number of nitrogens with zero attached hydrogens (tertiary/aromatic N) is 3. The number of halogens is 1. The van der Waals surface area contributed by atoms with E-state index in [1.165, 1.54) is 29.3 Å². The van der Waals surface area contributed by atoms with Crippen LogP contribution in [0.25, 0.3) is 0 Å². The number of amides is 1. The second-order valence-electron chi connectivity index (χ2n) is 3.95. The molecule has 20 heavy (non-hydrogen) atoms. The van der Waals surface area contributed by atoms with Gasteiger partial charge in [-0.2, -0.15) is 0 Å². The largest absolute Gasteiger partial charge is 0.310 e. The van der Waals surface area contributed by atoms with Crippen LogP contribution in [0.15, 0.2) is 22.7 Å². The molecule has 0 aliphatic carbocycles. The van der Waals surface area contributed by atoms with Gasteiger partial charge in [-0.25, -0.2) is 4.98 Å². The summed E-state index contributed by atoms with van der Waals surface area (Å²) in [6.07, 6.45) is 2.20. The van der Waals surface area contributed by atoms with E-state index in [9.17, 15) is 4.79 Å². The van der Waals surface area contributed by atoms with Crippen LogP contribution in [0.4, 0.5) is 5.82 Å². The summed E-state index contributed by atoms with van der Waals surface area (Å²) in [7, 11) is 0. The fourth-order valence-corrected chi connectivity index (χ4v) is 3.52. The highest BCUT2D eigenvalue weighted by Gasteiger charge is 2.20. The van der Waals surface area contributed by atoms with Crippen molar-refractivity contribution >= 4 is 46.4 Å². The van der Waals surface area contributed by atoms with E-state index in [0.717, 1.165) is 9.35 Å². The number of carbonyl (C=O) groups is 1. The summed E-state index contributed by atoms with van der Waals surface area (Å²) >= 11 is 8.66. The second kappa shape index (κ2) is 7.01. The van der Waals surface area contributed by atoms with Crippen molar-refractivity contribution in [3.8, 4) is 0 Å². The number of aromatic nitrogens is 3. The first kappa shape index (κ1) is 15.2. The first-order valence-electron chi connectivity index (χ1n) is 5.97. The molecule has 0 bridgehead atoms. The Morgan fingerprint density at radius 3 is 2.85 bits per heavy atom. The van der Waals surface area contributed by atoms with Crippen LogP contribution in [0.2, 0.25) is 5.02 Å². The SMILES string of the molecule is CCC(Sc1nnc(C)s1)C(=O)Nc1ccc(Cl)cn1. The molecule has 0 spiro atoms. The van der Waals surface area contributed by atoms with Gasteiger partial charge in [0.05, 0.1) is 10.3 Å². The summed E-state index contributed by atoms with van der Waals surface area (Å²) < 4.78 is 0.800. The van der Waals surface area contributed by atoms with Gasteiger partial charge in [-0.3, -0.25) is 4.79 Å². The highest BCUT2D eigenvalue weighted by molar-refractivity contribution is 8.02. The molecule has 2 aromatic heterocycles. The van der Waals surface area contributed by atoms with Crippen molar-refractivity contribution in [1.82, 2.24) is 15.2 Å². The molecule has 1 atom stereocenters. The van der Waals surface area contributed by atoms with Gasteiger partial charge in [-0.05, 0) is 25.5 Å². The minimum atomic E-state index is -0.222. The number of carbonyl (C=O) groups excluding carboxylic acids is 1. The number of hydrogen-bond acceptors (Lipinski definition) is 6. The summed E-state index contributed by atoms with van der Waals surface area (Å²) in [4.78, 5) is 16.2. The third-order valence-corrected chi connectivity index (χ3v) is 4.90. The van der Waals surface area contributed by atoms with Crippen molar-refractivity contribution in [1.29, 1.82) is 0 Å². The van der Waals surface area contributed by atoms with E-state index in [-0.39, 0.29) is 11.2 Å². The van der Waals surface area contributed by atoms with E-state index >= 15 is 0 Å². The molecule has 2 rings (SSSR count). The third-order valence-electron chi connectivity index (χ3n) is 2.39. The molecular weight excluding hydrogens is 316 g/mol. The number of aryl methyl sites for hydroxylation is 1. The van der Waals surface area contributed by atoms with Gasteiger partial charge in [0.1, 0.15) is 10.8 Å². The number of nitrogens with one attached hydrogen (secondary N) is 1. The Morgan fingerprint density at radius 1 is 1.50 bits per heavy atom. The molecule has 2 heterocycles. The van der Waals surface area contributed by atoms with Gasteiger partial charge in [0.15, 0.2) is 4.34 Å². The molecule has 1 amide bonds. The predicted octanol–water partition coefficient (Wildman–Crippen LogP) is 3.40. The van der Waals surface area contributed by atoms with Gasteiger partial charge in [-0.15, -0.1) is 10.2 Å². The molecule has 0 radical (unpaired) electrons. The van der Waals surface area contributed by atoms with Crippen molar-refractivity contribution in [2.24, 2.45) is 0 Å². The first-order valence-corrected chi connectivity index (χ1v) is 8.05. The first-order chi connectivity index (χ1) is 9.58. The van der Waals surface area contributed by atoms with Crippen LogP contribution in [0, 0.1) is 6.92 Å². The molecule has 106 valence electrons. The van der Waals surface area contributed by atoms with Gasteiger partial charge < -0.3 is 5.32 Å². The maximum absolute atomic E-state index is 12.2. The standard InChI is InChI=1S/C12H13ClN4OS2/c1-3-9(20-12-17-16-7(2)19-12)11(18)15-10-5-4-8(13)6-14-10/h4-6,9H,3H2,1-2H3,(H,14,15,18). The average molecular weight is 329 g/mol. The molecule has 0 aliphatic rings. The average Bonchev–Trinajstić information content (AvgIpc) is 2.84. The lowest BCUT2D eigenvalue weighted by Gasteiger charge is -2.12. The molecule has 0 aromatic carbocycles. The van der Waals surface area contributed by atoms with Crippen molar-refractivity contribution < 1.29 is 4.79 Å². The van der Waals surface area contributed by atoms with E-state index < -0.39 is 0 Å². The van der Waals surface area contributed by atoms with Crippen LogP contribution in [0.5, 0.6) is 0 Å². The highest BCUT2D eigenvalue weighted by atomic mass is 35.5. The Balaban J connectivity index is 2.00. The van der Waals surface area contributed by atoms with E-state index in [2.05, 4.69) is 20.5 Å². The fourth-order valence-electron chi connectivity index (χ4n) is 1.43. The van der Waals surface area contributed by atoms with Gasteiger partial charge in [0.25, 0.3) is 0 Å². The van der Waals surface area contributed by atoms with Gasteiger partial charge in [0.2, 0.25) is 5.91 Å². The Hall–Kier alpha value is -1.18. The minimum Gasteiger partial charge on any atom is -0.310 e. The van der Waals surface area contributed by atoms with E-state index in [1.807, 2.05) is 13.8 Å². The Kier molecular flexibility index (Phi) is 5.33. The number of hydrogen-bond donors (Lipinski definition) is 1.